The Morgan fingerprint density at radius 2 is 1.31 bits per heavy atom. The lowest BCUT2D eigenvalue weighted by atomic mass is 9.97. The number of hydrazine groups is 1. The molecule has 0 saturated carbocycles. The van der Waals surface area contributed by atoms with Crippen LogP contribution in [-0.2, 0) is 27.4 Å². The van der Waals surface area contributed by atoms with E-state index in [9.17, 15) is 37.5 Å². The van der Waals surface area contributed by atoms with Gasteiger partial charge in [-0.3, -0.25) is 5.32 Å². The molecule has 2 N–H and O–H groups in total. The molecule has 0 atom stereocenters. The summed E-state index contributed by atoms with van der Waals surface area (Å²) in [6.07, 6.45) is -4.70. The van der Waals surface area contributed by atoms with E-state index in [1.165, 1.54) is 22.0 Å². The summed E-state index contributed by atoms with van der Waals surface area (Å²) in [6.45, 7) is 15.1. The predicted octanol–water partition coefficient (Wildman–Crippen LogP) is 8.24. The summed E-state index contributed by atoms with van der Waals surface area (Å²) in [6, 6.07) is 11.0. The first-order chi connectivity index (χ1) is 28.7. The van der Waals surface area contributed by atoms with E-state index in [4.69, 9.17) is 14.2 Å². The highest BCUT2D eigenvalue weighted by Crippen LogP contribution is 2.39. The predicted molar refractivity (Wildman–Crippen MR) is 224 cm³/mol. The molecule has 4 amide bonds. The molecular weight excluding hydrogens is 816 g/mol. The largest absolute Gasteiger partial charge is 0.464 e. The van der Waals surface area contributed by atoms with Crippen molar-refractivity contribution in [2.75, 3.05) is 26.2 Å². The van der Waals surface area contributed by atoms with Crippen LogP contribution in [0, 0.1) is 0 Å². The summed E-state index contributed by atoms with van der Waals surface area (Å²) in [7, 11) is 1.64. The van der Waals surface area contributed by atoms with E-state index >= 15 is 0 Å². The number of amides is 4. The summed E-state index contributed by atoms with van der Waals surface area (Å²) in [4.78, 5) is 58.3. The molecule has 0 saturated heterocycles. The van der Waals surface area contributed by atoms with Gasteiger partial charge in [0.25, 0.3) is 0 Å². The van der Waals surface area contributed by atoms with Crippen LogP contribution in [0.25, 0.3) is 33.9 Å². The van der Waals surface area contributed by atoms with Crippen molar-refractivity contribution in [3.8, 4) is 22.8 Å². The lowest BCUT2D eigenvalue weighted by Gasteiger charge is -2.25. The van der Waals surface area contributed by atoms with Gasteiger partial charge >= 0.3 is 30.5 Å². The number of halogens is 3. The Bertz CT molecular complexity index is 2330. The number of ether oxygens (including phenoxy) is 3. The second-order valence-corrected chi connectivity index (χ2v) is 17.3. The number of nitrogens with zero attached hydrogens (tertiary/aromatic N) is 8. The number of hydrogen-bond acceptors (Lipinski definition) is 10. The lowest BCUT2D eigenvalue weighted by molar-refractivity contribution is -0.137. The first-order valence-corrected chi connectivity index (χ1v) is 19.4. The minimum Gasteiger partial charge on any atom is -0.464 e. The highest BCUT2D eigenvalue weighted by Gasteiger charge is 2.37. The van der Waals surface area contributed by atoms with E-state index in [1.807, 2.05) is 6.08 Å². The van der Waals surface area contributed by atoms with Crippen LogP contribution in [0.4, 0.5) is 32.3 Å². The van der Waals surface area contributed by atoms with Crippen LogP contribution >= 0.6 is 0 Å². The maximum Gasteiger partial charge on any atom is 0.437 e. The van der Waals surface area contributed by atoms with Gasteiger partial charge in [0.1, 0.15) is 23.1 Å². The fourth-order valence-electron chi connectivity index (χ4n) is 6.27. The minimum absolute atomic E-state index is 0.0121. The zero-order valence-electron chi connectivity index (χ0n) is 36.1. The van der Waals surface area contributed by atoms with Crippen LogP contribution in [0.1, 0.15) is 79.0 Å². The van der Waals surface area contributed by atoms with Crippen molar-refractivity contribution in [2.24, 2.45) is 17.0 Å². The fraction of sp³-hybridized carbons (Fsp3) is 0.429. The second kappa shape index (κ2) is 17.8. The Balaban J connectivity index is 1.33. The van der Waals surface area contributed by atoms with Crippen molar-refractivity contribution < 1.29 is 51.7 Å². The molecule has 3 heterocycles. The van der Waals surface area contributed by atoms with Crippen LogP contribution in [0.2, 0.25) is 0 Å². The Labute approximate surface area is 356 Å². The molecule has 0 fully saturated rings. The third-order valence-electron chi connectivity index (χ3n) is 8.81. The molecule has 20 heteroatoms. The molecule has 62 heavy (non-hydrogen) atoms. The standard InChI is InChI=1S/C42H50F3N9O8/c1-39(2,3)60-35(55)46-24-54(38(58)59)53-20-18-28(23-53)25-11-13-26(14-12-25)32-49-50-33(51(32)10)27-15-16-30(31(21-27)42(43,44)45)29-17-19-52(22-29)34(47-36(56)61-40(4,5)6)48-37(57)62-41(7,8)9/h11-18,21,24H,19-20,22-23H2,1-10H3,(H,58,59)(H,47,48,56,57). The van der Waals surface area contributed by atoms with Gasteiger partial charge in [0.15, 0.2) is 11.6 Å². The summed E-state index contributed by atoms with van der Waals surface area (Å²) in [5, 5.41) is 23.0. The third kappa shape index (κ3) is 12.3. The molecule has 3 aromatic rings. The number of aliphatic imine (C=N–C) groups is 2. The highest BCUT2D eigenvalue weighted by molar-refractivity contribution is 6.00. The molecule has 0 aliphatic carbocycles. The van der Waals surface area contributed by atoms with Gasteiger partial charge in [-0.1, -0.05) is 48.6 Å². The summed E-state index contributed by atoms with van der Waals surface area (Å²) in [5.41, 5.74) is -1.00. The van der Waals surface area contributed by atoms with Crippen molar-refractivity contribution in [2.45, 2.75) is 85.3 Å². The Morgan fingerprint density at radius 1 is 0.758 bits per heavy atom. The first kappa shape index (κ1) is 46.5. The Kier molecular flexibility index (Phi) is 13.3. The van der Waals surface area contributed by atoms with Gasteiger partial charge in [0, 0.05) is 44.4 Å². The molecule has 0 bridgehead atoms. The number of rotatable bonds is 6. The van der Waals surface area contributed by atoms with E-state index in [0.717, 1.165) is 28.6 Å². The van der Waals surface area contributed by atoms with E-state index in [0.29, 0.717) is 11.4 Å². The monoisotopic (exact) mass is 865 g/mol. The maximum absolute atomic E-state index is 14.8. The number of alkyl halides is 3. The molecule has 0 unspecified atom stereocenters. The van der Waals surface area contributed by atoms with Crippen LogP contribution in [0.3, 0.4) is 0 Å². The zero-order chi connectivity index (χ0) is 45.9. The molecule has 17 nitrogen and oxygen atoms in total. The van der Waals surface area contributed by atoms with E-state index in [1.54, 1.807) is 104 Å². The number of carbonyl (C=O) groups excluding carboxylic acids is 3. The zero-order valence-corrected chi connectivity index (χ0v) is 36.1. The molecule has 1 aromatic heterocycles. The van der Waals surface area contributed by atoms with Gasteiger partial charge in [-0.05, 0) is 90.7 Å². The van der Waals surface area contributed by atoms with Crippen LogP contribution in [0.5, 0.6) is 0 Å². The van der Waals surface area contributed by atoms with Crippen molar-refractivity contribution >= 4 is 47.8 Å². The van der Waals surface area contributed by atoms with E-state index in [2.05, 4.69) is 25.5 Å². The van der Waals surface area contributed by atoms with Crippen molar-refractivity contribution in [3.05, 3.63) is 71.3 Å². The molecule has 5 rings (SSSR count). The normalized spacial score (nSPS) is 15.4. The van der Waals surface area contributed by atoms with Crippen LogP contribution in [0.15, 0.2) is 64.6 Å². The van der Waals surface area contributed by atoms with Crippen molar-refractivity contribution in [1.82, 2.24) is 35.0 Å². The fourth-order valence-corrected chi connectivity index (χ4v) is 6.27. The number of hydrogen-bond donors (Lipinski definition) is 2. The molecule has 332 valence electrons. The average Bonchev–Trinajstić information content (AvgIpc) is 3.89. The quantitative estimate of drug-likeness (QED) is 0.137. The number of carbonyl (C=O) groups is 4. The summed E-state index contributed by atoms with van der Waals surface area (Å²) in [5.74, 6) is 0.302. The second-order valence-electron chi connectivity index (χ2n) is 17.3. The van der Waals surface area contributed by atoms with Gasteiger partial charge < -0.3 is 28.8 Å². The van der Waals surface area contributed by atoms with Gasteiger partial charge in [-0.2, -0.15) is 23.2 Å². The molecule has 0 spiro atoms. The highest BCUT2D eigenvalue weighted by atomic mass is 19.4. The molecular formula is C42H50F3N9O8. The number of benzene rings is 2. The SMILES string of the molecule is Cn1c(-c2ccc(C3=CCN(N(C=NC(=O)OC(C)(C)C)C(=O)O)C3)cc2)nnc1-c1ccc(C2=CCN(C(=NC(=O)OC(C)(C)C)NC(=O)OC(C)(C)C)C2)c(C(F)(F)F)c1. The Hall–Kier alpha value is -6.57. The summed E-state index contributed by atoms with van der Waals surface area (Å²) >= 11 is 0. The van der Waals surface area contributed by atoms with E-state index < -0.39 is 52.9 Å². The number of nitrogens with one attached hydrogen (secondary N) is 1. The van der Waals surface area contributed by atoms with Gasteiger partial charge in [-0.15, -0.1) is 15.2 Å². The van der Waals surface area contributed by atoms with Crippen molar-refractivity contribution in [1.29, 1.82) is 0 Å². The topological polar surface area (TPSA) is 193 Å². The summed E-state index contributed by atoms with van der Waals surface area (Å²) < 4.78 is 61.6. The molecule has 2 aliphatic rings. The number of aromatic nitrogens is 3. The number of guanidine groups is 1. The third-order valence-corrected chi connectivity index (χ3v) is 8.81. The smallest absolute Gasteiger partial charge is 0.437 e. The number of carboxylic acid groups (broad SMARTS) is 1. The van der Waals surface area contributed by atoms with Crippen LogP contribution < -0.4 is 5.32 Å². The lowest BCUT2D eigenvalue weighted by Crippen LogP contribution is -2.46. The van der Waals surface area contributed by atoms with Crippen LogP contribution in [-0.4, -0.2) is 114 Å². The minimum atomic E-state index is -4.78. The van der Waals surface area contributed by atoms with Gasteiger partial charge in [0.05, 0.1) is 5.56 Å². The number of alkyl carbamates (subject to hydrolysis) is 1. The van der Waals surface area contributed by atoms with E-state index in [-0.39, 0.29) is 54.7 Å². The average molecular weight is 866 g/mol. The van der Waals surface area contributed by atoms with Crippen molar-refractivity contribution in [3.63, 3.8) is 0 Å². The van der Waals surface area contributed by atoms with Gasteiger partial charge in [0.2, 0.25) is 5.96 Å². The Morgan fingerprint density at radius 3 is 1.89 bits per heavy atom. The molecule has 2 aromatic carbocycles. The van der Waals surface area contributed by atoms with Gasteiger partial charge in [-0.25, -0.2) is 24.2 Å². The first-order valence-electron chi connectivity index (χ1n) is 19.4. The molecule has 0 radical (unpaired) electrons. The maximum atomic E-state index is 14.8. The molecule has 2 aliphatic heterocycles.